The van der Waals surface area contributed by atoms with E-state index < -0.39 is 11.9 Å². The number of carbonyl (C=O) groups excluding carboxylic acids is 2. The average Bonchev–Trinajstić information content (AvgIpc) is 3.02. The molecule has 0 bridgehead atoms. The summed E-state index contributed by atoms with van der Waals surface area (Å²) in [5.74, 6) is -1.68. The van der Waals surface area contributed by atoms with Gasteiger partial charge in [0.2, 0.25) is 0 Å². The molecule has 0 saturated carbocycles. The molecule has 0 amide bonds. The highest BCUT2D eigenvalue weighted by Crippen LogP contribution is 2.09. The molecule has 2 unspecified atom stereocenters. The third-order valence-electron chi connectivity index (χ3n) is 7.38. The van der Waals surface area contributed by atoms with Crippen molar-refractivity contribution in [1.29, 1.82) is 0 Å². The lowest BCUT2D eigenvalue weighted by molar-refractivity contribution is -0.154. The Hall–Kier alpha value is -2.16. The predicted molar refractivity (Wildman–Crippen MR) is 191 cm³/mol. The standard InChI is InChI=1S/C18H34O5.2C10H20O2/c1-5-7-9-11-17(19)22-13-15(3)21-14-16(4)23-18(20)12-10-8-6-2;2*1-2-3-4-5-6-7-8-9-10(11)12/h15-16H,5-14H2,1-4H3;2*2-9H2,1H3,(H,11,12). The molecule has 0 heterocycles. The molecule has 0 aromatic heterocycles. The van der Waals surface area contributed by atoms with Crippen molar-refractivity contribution in [2.24, 2.45) is 0 Å². The Morgan fingerprint density at radius 1 is 0.447 bits per heavy atom. The van der Waals surface area contributed by atoms with Gasteiger partial charge >= 0.3 is 23.9 Å². The van der Waals surface area contributed by atoms with Gasteiger partial charge < -0.3 is 24.4 Å². The second kappa shape index (κ2) is 40.0. The number of unbranched alkanes of at least 4 members (excludes halogenated alkanes) is 16. The molecule has 0 aliphatic heterocycles. The number of carbonyl (C=O) groups is 4. The Morgan fingerprint density at radius 2 is 0.787 bits per heavy atom. The fourth-order valence-corrected chi connectivity index (χ4v) is 4.45. The van der Waals surface area contributed by atoms with Crippen LogP contribution in [-0.2, 0) is 33.4 Å². The van der Waals surface area contributed by atoms with Crippen LogP contribution >= 0.6 is 0 Å². The zero-order chi connectivity index (χ0) is 36.0. The molecule has 0 aromatic carbocycles. The SMILES string of the molecule is CCCCCC(=O)OCC(C)OCC(C)OC(=O)CCCCC.CCCCCCCCCC(=O)O.CCCCCCCCCC(=O)O. The van der Waals surface area contributed by atoms with Gasteiger partial charge in [-0.15, -0.1) is 0 Å². The lowest BCUT2D eigenvalue weighted by Gasteiger charge is -2.17. The summed E-state index contributed by atoms with van der Waals surface area (Å²) >= 11 is 0. The van der Waals surface area contributed by atoms with Gasteiger partial charge in [-0.3, -0.25) is 19.2 Å². The Kier molecular flexibility index (Phi) is 41.9. The molecule has 0 aromatic rings. The highest BCUT2D eigenvalue weighted by Gasteiger charge is 2.13. The van der Waals surface area contributed by atoms with E-state index in [0.717, 1.165) is 64.2 Å². The molecule has 0 saturated heterocycles. The van der Waals surface area contributed by atoms with Crippen LogP contribution < -0.4 is 0 Å². The van der Waals surface area contributed by atoms with Crippen LogP contribution in [0.2, 0.25) is 0 Å². The Bertz CT molecular complexity index is 683. The Morgan fingerprint density at radius 3 is 1.19 bits per heavy atom. The number of ether oxygens (including phenoxy) is 3. The van der Waals surface area contributed by atoms with E-state index in [4.69, 9.17) is 24.4 Å². The molecule has 0 aliphatic rings. The normalized spacial score (nSPS) is 11.7. The first-order valence-electron chi connectivity index (χ1n) is 18.9. The smallest absolute Gasteiger partial charge is 0.306 e. The molecule has 0 rings (SSSR count). The number of hydrogen-bond acceptors (Lipinski definition) is 7. The summed E-state index contributed by atoms with van der Waals surface area (Å²) in [6, 6.07) is 0. The number of carboxylic acids is 2. The van der Waals surface area contributed by atoms with Crippen LogP contribution in [0.4, 0.5) is 0 Å². The first kappa shape index (κ1) is 49.2. The van der Waals surface area contributed by atoms with Gasteiger partial charge in [0.05, 0.1) is 12.7 Å². The number of aliphatic carboxylic acids is 2. The van der Waals surface area contributed by atoms with Crippen LogP contribution in [0.25, 0.3) is 0 Å². The van der Waals surface area contributed by atoms with Crippen molar-refractivity contribution in [3.8, 4) is 0 Å². The molecule has 9 nitrogen and oxygen atoms in total. The first-order chi connectivity index (χ1) is 22.5. The van der Waals surface area contributed by atoms with Gasteiger partial charge in [0.25, 0.3) is 0 Å². The van der Waals surface area contributed by atoms with E-state index in [-0.39, 0.29) is 30.8 Å². The van der Waals surface area contributed by atoms with Crippen molar-refractivity contribution in [3.63, 3.8) is 0 Å². The number of rotatable bonds is 30. The summed E-state index contributed by atoms with van der Waals surface area (Å²) in [6.45, 7) is 12.8. The molecule has 2 N–H and O–H groups in total. The van der Waals surface area contributed by atoms with E-state index in [9.17, 15) is 19.2 Å². The fourth-order valence-electron chi connectivity index (χ4n) is 4.45. The molecule has 9 heteroatoms. The van der Waals surface area contributed by atoms with Gasteiger partial charge in [-0.2, -0.15) is 0 Å². The van der Waals surface area contributed by atoms with Gasteiger partial charge in [0.1, 0.15) is 12.7 Å². The van der Waals surface area contributed by atoms with Crippen molar-refractivity contribution in [3.05, 3.63) is 0 Å². The van der Waals surface area contributed by atoms with E-state index in [0.29, 0.717) is 32.3 Å². The average molecular weight is 675 g/mol. The minimum absolute atomic E-state index is 0.176. The molecule has 0 fully saturated rings. The molecule has 0 spiro atoms. The number of esters is 2. The third-order valence-corrected chi connectivity index (χ3v) is 7.38. The van der Waals surface area contributed by atoms with Crippen molar-refractivity contribution in [2.75, 3.05) is 13.2 Å². The van der Waals surface area contributed by atoms with E-state index >= 15 is 0 Å². The second-order valence-corrected chi connectivity index (χ2v) is 12.6. The summed E-state index contributed by atoms with van der Waals surface area (Å²) in [5, 5.41) is 16.7. The van der Waals surface area contributed by atoms with Gasteiger partial charge in [0.15, 0.2) is 0 Å². The van der Waals surface area contributed by atoms with Gasteiger partial charge in [-0.05, 0) is 39.5 Å². The number of hydrogen-bond donors (Lipinski definition) is 2. The first-order valence-corrected chi connectivity index (χ1v) is 18.9. The monoisotopic (exact) mass is 675 g/mol. The second-order valence-electron chi connectivity index (χ2n) is 12.6. The van der Waals surface area contributed by atoms with Gasteiger partial charge in [-0.1, -0.05) is 130 Å². The maximum atomic E-state index is 11.6. The quantitative estimate of drug-likeness (QED) is 0.0563. The largest absolute Gasteiger partial charge is 0.481 e. The van der Waals surface area contributed by atoms with Gasteiger partial charge in [-0.25, -0.2) is 0 Å². The van der Waals surface area contributed by atoms with Crippen LogP contribution in [-0.4, -0.2) is 59.5 Å². The lowest BCUT2D eigenvalue weighted by Crippen LogP contribution is -2.26. The Balaban J connectivity index is -0.000000680. The molecule has 2 atom stereocenters. The molecule has 0 radical (unpaired) electrons. The van der Waals surface area contributed by atoms with Crippen LogP contribution in [0, 0.1) is 0 Å². The predicted octanol–water partition coefficient (Wildman–Crippen LogP) is 10.5. The Labute approximate surface area is 288 Å². The minimum atomic E-state index is -0.663. The van der Waals surface area contributed by atoms with E-state index in [1.54, 1.807) is 6.92 Å². The highest BCUT2D eigenvalue weighted by molar-refractivity contribution is 5.69. The van der Waals surface area contributed by atoms with Crippen LogP contribution in [0.1, 0.15) is 196 Å². The van der Waals surface area contributed by atoms with Crippen molar-refractivity contribution < 1.29 is 43.6 Å². The zero-order valence-electron chi connectivity index (χ0n) is 31.3. The molecule has 47 heavy (non-hydrogen) atoms. The minimum Gasteiger partial charge on any atom is -0.481 e. The van der Waals surface area contributed by atoms with E-state index in [1.165, 1.54) is 64.2 Å². The summed E-state index contributed by atoms with van der Waals surface area (Å²) < 4.78 is 16.0. The number of carboxylic acid groups (broad SMARTS) is 2. The van der Waals surface area contributed by atoms with E-state index in [1.807, 2.05) is 6.92 Å². The summed E-state index contributed by atoms with van der Waals surface area (Å²) in [7, 11) is 0. The lowest BCUT2D eigenvalue weighted by atomic mass is 10.1. The maximum Gasteiger partial charge on any atom is 0.306 e. The van der Waals surface area contributed by atoms with Crippen molar-refractivity contribution >= 4 is 23.9 Å². The summed E-state index contributed by atoms with van der Waals surface area (Å²) in [5.41, 5.74) is 0. The summed E-state index contributed by atoms with van der Waals surface area (Å²) in [4.78, 5) is 43.3. The molecule has 280 valence electrons. The van der Waals surface area contributed by atoms with Crippen molar-refractivity contribution in [1.82, 2.24) is 0 Å². The van der Waals surface area contributed by atoms with Crippen LogP contribution in [0.3, 0.4) is 0 Å². The highest BCUT2D eigenvalue weighted by atomic mass is 16.6. The van der Waals surface area contributed by atoms with Crippen molar-refractivity contribution in [2.45, 2.75) is 208 Å². The van der Waals surface area contributed by atoms with Crippen LogP contribution in [0.5, 0.6) is 0 Å². The topological polar surface area (TPSA) is 136 Å². The summed E-state index contributed by atoms with van der Waals surface area (Å²) in [6.07, 6.45) is 23.7. The molecule has 0 aliphatic carbocycles. The van der Waals surface area contributed by atoms with Crippen LogP contribution in [0.15, 0.2) is 0 Å². The van der Waals surface area contributed by atoms with Gasteiger partial charge in [0, 0.05) is 25.7 Å². The third kappa shape index (κ3) is 48.4. The fraction of sp³-hybridized carbons (Fsp3) is 0.895. The maximum absolute atomic E-state index is 11.6. The van der Waals surface area contributed by atoms with E-state index in [2.05, 4.69) is 27.7 Å². The molecular formula is C38H74O9. The zero-order valence-corrected chi connectivity index (χ0v) is 31.3. The molecular weight excluding hydrogens is 600 g/mol.